The number of halogens is 1. The van der Waals surface area contributed by atoms with E-state index in [2.05, 4.69) is 59.1 Å². The van der Waals surface area contributed by atoms with Crippen LogP contribution in [0.2, 0.25) is 0 Å². The second-order valence-corrected chi connectivity index (χ2v) is 6.73. The molecular weight excluding hydrogens is 467 g/mol. The first-order valence-corrected chi connectivity index (χ1v) is 9.34. The van der Waals surface area contributed by atoms with Gasteiger partial charge in [-0.05, 0) is 37.8 Å². The maximum absolute atomic E-state index is 12.0. The fourth-order valence-electron chi connectivity index (χ4n) is 2.67. The molecule has 2 aromatic rings. The Morgan fingerprint density at radius 3 is 2.36 bits per heavy atom. The van der Waals surface area contributed by atoms with E-state index in [1.165, 1.54) is 17.4 Å². The summed E-state index contributed by atoms with van der Waals surface area (Å²) in [5, 5.41) is 9.48. The van der Waals surface area contributed by atoms with Gasteiger partial charge in [0.15, 0.2) is 11.7 Å². The van der Waals surface area contributed by atoms with E-state index < -0.39 is 0 Å². The molecule has 6 nitrogen and oxygen atoms in total. The van der Waals surface area contributed by atoms with Gasteiger partial charge in [-0.25, -0.2) is 0 Å². The van der Waals surface area contributed by atoms with Crippen LogP contribution in [0.15, 0.2) is 46.0 Å². The molecule has 1 aromatic heterocycles. The lowest BCUT2D eigenvalue weighted by Gasteiger charge is -2.16. The van der Waals surface area contributed by atoms with Crippen LogP contribution in [0.4, 0.5) is 0 Å². The minimum atomic E-state index is -0.174. The summed E-state index contributed by atoms with van der Waals surface area (Å²) in [4.78, 5) is 16.2. The molecule has 0 radical (unpaired) electrons. The normalized spacial score (nSPS) is 12.1. The third-order valence-corrected chi connectivity index (χ3v) is 4.45. The number of amides is 1. The van der Waals surface area contributed by atoms with E-state index in [1.807, 2.05) is 6.92 Å². The third kappa shape index (κ3) is 7.53. The predicted octanol–water partition coefficient (Wildman–Crippen LogP) is 3.60. The maximum Gasteiger partial charge on any atom is 0.287 e. The third-order valence-electron chi connectivity index (χ3n) is 4.45. The van der Waals surface area contributed by atoms with Crippen molar-refractivity contribution in [3.05, 3.63) is 59.0 Å². The standard InChI is InChI=1S/C21H30N4O2.HI/c1-15-6-8-18(9-7-15)17(3)14-25-21(22-4)24-12-5-11-23-20(26)19-16(2)10-13-27-19;/h6-10,13,17H,5,11-12,14H2,1-4H3,(H,23,26)(H2,22,24,25);1H. The van der Waals surface area contributed by atoms with Crippen LogP contribution >= 0.6 is 24.0 Å². The van der Waals surface area contributed by atoms with Crippen molar-refractivity contribution < 1.29 is 9.21 Å². The first-order chi connectivity index (χ1) is 13.0. The molecule has 0 aliphatic heterocycles. The van der Waals surface area contributed by atoms with E-state index >= 15 is 0 Å². The summed E-state index contributed by atoms with van der Waals surface area (Å²) in [6.45, 7) is 8.23. The molecule has 28 heavy (non-hydrogen) atoms. The molecule has 1 unspecified atom stereocenters. The van der Waals surface area contributed by atoms with Gasteiger partial charge in [0.1, 0.15) is 0 Å². The second kappa shape index (κ2) is 12.4. The average molecular weight is 498 g/mol. The van der Waals surface area contributed by atoms with Gasteiger partial charge in [-0.2, -0.15) is 0 Å². The van der Waals surface area contributed by atoms with Gasteiger partial charge in [0.05, 0.1) is 6.26 Å². The van der Waals surface area contributed by atoms with Gasteiger partial charge in [0, 0.05) is 32.2 Å². The Labute approximate surface area is 184 Å². The molecule has 1 atom stereocenters. The Bertz CT molecular complexity index is 756. The zero-order chi connectivity index (χ0) is 19.6. The quantitative estimate of drug-likeness (QED) is 0.225. The highest BCUT2D eigenvalue weighted by Gasteiger charge is 2.11. The van der Waals surface area contributed by atoms with Gasteiger partial charge in [0.2, 0.25) is 0 Å². The van der Waals surface area contributed by atoms with E-state index in [9.17, 15) is 4.79 Å². The molecule has 7 heteroatoms. The summed E-state index contributed by atoms with van der Waals surface area (Å²) >= 11 is 0. The van der Waals surface area contributed by atoms with E-state index in [1.54, 1.807) is 13.1 Å². The topological polar surface area (TPSA) is 78.7 Å². The van der Waals surface area contributed by atoms with Gasteiger partial charge >= 0.3 is 0 Å². The van der Waals surface area contributed by atoms with Gasteiger partial charge in [-0.3, -0.25) is 9.79 Å². The maximum atomic E-state index is 12.0. The van der Waals surface area contributed by atoms with Crippen molar-refractivity contribution in [3.8, 4) is 0 Å². The zero-order valence-corrected chi connectivity index (χ0v) is 19.4. The van der Waals surface area contributed by atoms with Crippen LogP contribution in [0.3, 0.4) is 0 Å². The van der Waals surface area contributed by atoms with Crippen molar-refractivity contribution >= 4 is 35.8 Å². The Morgan fingerprint density at radius 2 is 1.75 bits per heavy atom. The minimum Gasteiger partial charge on any atom is -0.459 e. The van der Waals surface area contributed by atoms with Crippen LogP contribution in [0, 0.1) is 13.8 Å². The predicted molar refractivity (Wildman–Crippen MR) is 125 cm³/mol. The first kappa shape index (κ1) is 24.0. The molecule has 0 saturated carbocycles. The Hall–Kier alpha value is -2.03. The molecule has 0 fully saturated rings. The molecule has 0 saturated heterocycles. The average Bonchev–Trinajstić information content (AvgIpc) is 3.10. The molecule has 3 N–H and O–H groups in total. The van der Waals surface area contributed by atoms with Crippen molar-refractivity contribution in [1.29, 1.82) is 0 Å². The molecule has 0 aliphatic rings. The number of carbonyl (C=O) groups is 1. The van der Waals surface area contributed by atoms with E-state index in [0.29, 0.717) is 18.2 Å². The summed E-state index contributed by atoms with van der Waals surface area (Å²) < 4.78 is 5.18. The summed E-state index contributed by atoms with van der Waals surface area (Å²) in [5.74, 6) is 1.36. The number of benzene rings is 1. The van der Waals surface area contributed by atoms with Crippen LogP contribution in [-0.4, -0.2) is 38.5 Å². The molecule has 1 aromatic carbocycles. The molecular formula is C21H31IN4O2. The Kier molecular flexibility index (Phi) is 10.7. The number of guanidine groups is 1. The summed E-state index contributed by atoms with van der Waals surface area (Å²) in [6, 6.07) is 10.4. The summed E-state index contributed by atoms with van der Waals surface area (Å²) in [5.41, 5.74) is 3.42. The first-order valence-electron chi connectivity index (χ1n) is 9.34. The lowest BCUT2D eigenvalue weighted by atomic mass is 10.0. The van der Waals surface area contributed by atoms with Crippen LogP contribution < -0.4 is 16.0 Å². The molecule has 2 rings (SSSR count). The minimum absolute atomic E-state index is 0. The van der Waals surface area contributed by atoms with Gasteiger partial charge in [-0.1, -0.05) is 36.8 Å². The number of nitrogens with zero attached hydrogens (tertiary/aromatic N) is 1. The fourth-order valence-corrected chi connectivity index (χ4v) is 2.67. The van der Waals surface area contributed by atoms with Crippen molar-refractivity contribution in [2.45, 2.75) is 33.1 Å². The highest BCUT2D eigenvalue weighted by Crippen LogP contribution is 2.14. The van der Waals surface area contributed by atoms with Crippen LogP contribution in [0.5, 0.6) is 0 Å². The SMILES string of the molecule is CN=C(NCCCNC(=O)c1occc1C)NCC(C)c1ccc(C)cc1.I. The van der Waals surface area contributed by atoms with E-state index in [0.717, 1.165) is 31.0 Å². The van der Waals surface area contributed by atoms with Crippen molar-refractivity contribution in [3.63, 3.8) is 0 Å². The summed E-state index contributed by atoms with van der Waals surface area (Å²) in [6.07, 6.45) is 2.32. The number of furan rings is 1. The smallest absolute Gasteiger partial charge is 0.287 e. The van der Waals surface area contributed by atoms with Crippen LogP contribution in [-0.2, 0) is 0 Å². The van der Waals surface area contributed by atoms with E-state index in [4.69, 9.17) is 4.42 Å². The number of aryl methyl sites for hydroxylation is 2. The van der Waals surface area contributed by atoms with Crippen molar-refractivity contribution in [2.75, 3.05) is 26.7 Å². The van der Waals surface area contributed by atoms with Crippen molar-refractivity contribution in [1.82, 2.24) is 16.0 Å². The fraction of sp³-hybridized carbons (Fsp3) is 0.429. The van der Waals surface area contributed by atoms with Gasteiger partial charge in [0.25, 0.3) is 5.91 Å². The number of aliphatic imine (C=N–C) groups is 1. The molecule has 0 spiro atoms. The van der Waals surface area contributed by atoms with Crippen LogP contribution in [0.1, 0.15) is 46.5 Å². The van der Waals surface area contributed by atoms with Gasteiger partial charge in [-0.15, -0.1) is 24.0 Å². The largest absolute Gasteiger partial charge is 0.459 e. The Morgan fingerprint density at radius 1 is 1.07 bits per heavy atom. The lowest BCUT2D eigenvalue weighted by Crippen LogP contribution is -2.40. The molecule has 0 aliphatic carbocycles. The Balaban J connectivity index is 0.00000392. The number of hydrogen-bond acceptors (Lipinski definition) is 3. The molecule has 154 valence electrons. The van der Waals surface area contributed by atoms with E-state index in [-0.39, 0.29) is 29.9 Å². The highest BCUT2D eigenvalue weighted by molar-refractivity contribution is 14.0. The highest BCUT2D eigenvalue weighted by atomic mass is 127. The number of nitrogens with one attached hydrogen (secondary N) is 3. The zero-order valence-electron chi connectivity index (χ0n) is 17.0. The van der Waals surface area contributed by atoms with Crippen LogP contribution in [0.25, 0.3) is 0 Å². The molecule has 0 bridgehead atoms. The lowest BCUT2D eigenvalue weighted by molar-refractivity contribution is 0.0925. The summed E-state index contributed by atoms with van der Waals surface area (Å²) in [7, 11) is 1.76. The monoisotopic (exact) mass is 498 g/mol. The number of rotatable bonds is 8. The van der Waals surface area contributed by atoms with Crippen molar-refractivity contribution in [2.24, 2.45) is 4.99 Å². The number of hydrogen-bond donors (Lipinski definition) is 3. The van der Waals surface area contributed by atoms with Gasteiger partial charge < -0.3 is 20.4 Å². The molecule has 1 heterocycles. The molecule has 1 amide bonds. The second-order valence-electron chi connectivity index (χ2n) is 6.73. The number of carbonyl (C=O) groups excluding carboxylic acids is 1.